The first-order chi connectivity index (χ1) is 16.1. The third kappa shape index (κ3) is 4.53. The Hall–Kier alpha value is -3.48. The molecular formula is C26H27FN4O2. The average Bonchev–Trinajstić information content (AvgIpc) is 2.86. The number of ether oxygens (including phenoxy) is 1. The Morgan fingerprint density at radius 2 is 1.79 bits per heavy atom. The van der Waals surface area contributed by atoms with Crippen molar-refractivity contribution in [2.45, 2.75) is 39.2 Å². The number of hydrogen-bond acceptors (Lipinski definition) is 5. The first-order valence-electron chi connectivity index (χ1n) is 11.5. The zero-order valence-corrected chi connectivity index (χ0v) is 18.8. The van der Waals surface area contributed by atoms with Crippen LogP contribution in [0, 0.1) is 12.7 Å². The summed E-state index contributed by atoms with van der Waals surface area (Å²) in [6.45, 7) is 4.52. The Bertz CT molecular complexity index is 1160. The van der Waals surface area contributed by atoms with E-state index in [9.17, 15) is 9.18 Å². The van der Waals surface area contributed by atoms with E-state index >= 15 is 0 Å². The molecule has 0 atom stereocenters. The van der Waals surface area contributed by atoms with Gasteiger partial charge >= 0.3 is 0 Å². The molecule has 0 unspecified atom stereocenters. The molecule has 1 fully saturated rings. The number of halogens is 1. The van der Waals surface area contributed by atoms with Crippen LogP contribution in [0.1, 0.15) is 46.4 Å². The van der Waals surface area contributed by atoms with E-state index in [0.717, 1.165) is 37.2 Å². The zero-order valence-electron chi connectivity index (χ0n) is 18.8. The summed E-state index contributed by atoms with van der Waals surface area (Å²) in [5.74, 6) is 1.33. The Labute approximate surface area is 193 Å². The van der Waals surface area contributed by atoms with Crippen LogP contribution in [0.25, 0.3) is 0 Å². The first-order valence-corrected chi connectivity index (χ1v) is 11.5. The molecule has 0 N–H and O–H groups in total. The highest BCUT2D eigenvalue weighted by molar-refractivity contribution is 5.94. The minimum Gasteiger partial charge on any atom is -0.438 e. The SMILES string of the molecule is Cc1cc(Oc2nc(N3CCCCC3)nc3c2CN(C(=O)c2ccccc2)CC3)ccc1F. The van der Waals surface area contributed by atoms with Gasteiger partial charge in [-0.15, -0.1) is 0 Å². The molecule has 2 aliphatic rings. The summed E-state index contributed by atoms with van der Waals surface area (Å²) < 4.78 is 20.0. The lowest BCUT2D eigenvalue weighted by molar-refractivity contribution is 0.0732. The van der Waals surface area contributed by atoms with Crippen molar-refractivity contribution < 1.29 is 13.9 Å². The topological polar surface area (TPSA) is 58.6 Å². The number of benzene rings is 2. The van der Waals surface area contributed by atoms with Gasteiger partial charge in [0.05, 0.1) is 17.8 Å². The maximum Gasteiger partial charge on any atom is 0.254 e. The van der Waals surface area contributed by atoms with Crippen molar-refractivity contribution in [2.75, 3.05) is 24.5 Å². The molecule has 0 aliphatic carbocycles. The van der Waals surface area contributed by atoms with E-state index in [4.69, 9.17) is 14.7 Å². The quantitative estimate of drug-likeness (QED) is 0.570. The molecule has 7 heteroatoms. The number of nitrogens with zero attached hydrogens (tertiary/aromatic N) is 4. The number of rotatable bonds is 4. The number of carbonyl (C=O) groups excluding carboxylic acids is 1. The number of piperidine rings is 1. The summed E-state index contributed by atoms with van der Waals surface area (Å²) >= 11 is 0. The Morgan fingerprint density at radius 1 is 1.00 bits per heavy atom. The molecule has 1 aromatic heterocycles. The predicted octanol–water partition coefficient (Wildman–Crippen LogP) is 4.91. The molecule has 3 heterocycles. The van der Waals surface area contributed by atoms with Crippen molar-refractivity contribution in [1.29, 1.82) is 0 Å². The second-order valence-electron chi connectivity index (χ2n) is 8.66. The maximum absolute atomic E-state index is 13.8. The van der Waals surface area contributed by atoms with Crippen LogP contribution in [0.2, 0.25) is 0 Å². The van der Waals surface area contributed by atoms with E-state index in [2.05, 4.69) is 4.90 Å². The van der Waals surface area contributed by atoms with Gasteiger partial charge in [0.2, 0.25) is 11.8 Å². The molecule has 0 spiro atoms. The number of aryl methyl sites for hydroxylation is 1. The van der Waals surface area contributed by atoms with E-state index in [1.54, 1.807) is 19.1 Å². The van der Waals surface area contributed by atoms with Crippen LogP contribution in [0.5, 0.6) is 11.6 Å². The lowest BCUT2D eigenvalue weighted by atomic mass is 10.0. The van der Waals surface area contributed by atoms with Crippen LogP contribution < -0.4 is 9.64 Å². The lowest BCUT2D eigenvalue weighted by Crippen LogP contribution is -2.37. The number of anilines is 1. The largest absolute Gasteiger partial charge is 0.438 e. The Morgan fingerprint density at radius 3 is 2.55 bits per heavy atom. The average molecular weight is 447 g/mol. The van der Waals surface area contributed by atoms with Gasteiger partial charge in [0.25, 0.3) is 5.91 Å². The number of carbonyl (C=O) groups is 1. The minimum atomic E-state index is -0.277. The van der Waals surface area contributed by atoms with Crippen molar-refractivity contribution in [3.05, 3.63) is 76.7 Å². The van der Waals surface area contributed by atoms with Gasteiger partial charge in [-0.3, -0.25) is 4.79 Å². The first kappa shape index (κ1) is 21.4. The number of hydrogen-bond donors (Lipinski definition) is 0. The Balaban J connectivity index is 1.49. The molecule has 0 saturated carbocycles. The highest BCUT2D eigenvalue weighted by atomic mass is 19.1. The molecule has 6 nitrogen and oxygen atoms in total. The summed E-state index contributed by atoms with van der Waals surface area (Å²) in [5.41, 5.74) is 2.89. The second-order valence-corrected chi connectivity index (χ2v) is 8.66. The maximum atomic E-state index is 13.8. The summed E-state index contributed by atoms with van der Waals surface area (Å²) in [5, 5.41) is 0. The summed E-state index contributed by atoms with van der Waals surface area (Å²) in [4.78, 5) is 26.7. The van der Waals surface area contributed by atoms with Crippen molar-refractivity contribution in [3.63, 3.8) is 0 Å². The number of fused-ring (bicyclic) bond motifs is 1. The number of amides is 1. The van der Waals surface area contributed by atoms with Gasteiger partial charge in [-0.05, 0) is 62.1 Å². The van der Waals surface area contributed by atoms with E-state index < -0.39 is 0 Å². The zero-order chi connectivity index (χ0) is 22.8. The summed E-state index contributed by atoms with van der Waals surface area (Å²) in [6, 6.07) is 13.9. The fraction of sp³-hybridized carbons (Fsp3) is 0.346. The monoisotopic (exact) mass is 446 g/mol. The van der Waals surface area contributed by atoms with Crippen molar-refractivity contribution in [2.24, 2.45) is 0 Å². The summed E-state index contributed by atoms with van der Waals surface area (Å²) in [6.07, 6.45) is 4.09. The minimum absolute atomic E-state index is 0.0232. The molecule has 2 aliphatic heterocycles. The molecule has 1 amide bonds. The van der Waals surface area contributed by atoms with E-state index in [0.29, 0.717) is 48.2 Å². The molecule has 0 bridgehead atoms. The van der Waals surface area contributed by atoms with Crippen LogP contribution in [0.15, 0.2) is 48.5 Å². The third-order valence-corrected chi connectivity index (χ3v) is 6.30. The van der Waals surface area contributed by atoms with Gasteiger partial charge in [0.1, 0.15) is 11.6 Å². The van der Waals surface area contributed by atoms with Crippen LogP contribution in [-0.4, -0.2) is 40.4 Å². The van der Waals surface area contributed by atoms with Crippen molar-refractivity contribution in [1.82, 2.24) is 14.9 Å². The highest BCUT2D eigenvalue weighted by Crippen LogP contribution is 2.33. The van der Waals surface area contributed by atoms with E-state index in [1.807, 2.05) is 35.2 Å². The molecule has 0 radical (unpaired) electrons. The molecule has 33 heavy (non-hydrogen) atoms. The molecule has 170 valence electrons. The number of aromatic nitrogens is 2. The standard InChI is InChI=1S/C26H27FN4O2/c1-18-16-20(10-11-22(18)27)33-24-21-17-31(25(32)19-8-4-2-5-9-19)15-12-23(21)28-26(29-24)30-13-6-3-7-14-30/h2,4-5,8-11,16H,3,6-7,12-15,17H2,1H3. The fourth-order valence-electron chi connectivity index (χ4n) is 4.42. The second kappa shape index (κ2) is 9.17. The van der Waals surface area contributed by atoms with E-state index in [1.165, 1.54) is 12.5 Å². The molecular weight excluding hydrogens is 419 g/mol. The molecule has 3 aromatic rings. The lowest BCUT2D eigenvalue weighted by Gasteiger charge is -2.32. The van der Waals surface area contributed by atoms with Crippen LogP contribution in [-0.2, 0) is 13.0 Å². The van der Waals surface area contributed by atoms with E-state index in [-0.39, 0.29) is 11.7 Å². The van der Waals surface area contributed by atoms with Gasteiger partial charge in [-0.25, -0.2) is 9.37 Å². The normalized spacial score (nSPS) is 15.8. The van der Waals surface area contributed by atoms with Gasteiger partial charge in [-0.2, -0.15) is 4.98 Å². The van der Waals surface area contributed by atoms with Gasteiger partial charge in [0, 0.05) is 31.6 Å². The van der Waals surface area contributed by atoms with Crippen LogP contribution >= 0.6 is 0 Å². The predicted molar refractivity (Wildman–Crippen MR) is 124 cm³/mol. The highest BCUT2D eigenvalue weighted by Gasteiger charge is 2.28. The van der Waals surface area contributed by atoms with Gasteiger partial charge < -0.3 is 14.5 Å². The molecule has 5 rings (SSSR count). The fourth-order valence-corrected chi connectivity index (χ4v) is 4.42. The van der Waals surface area contributed by atoms with Crippen LogP contribution in [0.3, 0.4) is 0 Å². The molecule has 1 saturated heterocycles. The van der Waals surface area contributed by atoms with Gasteiger partial charge in [-0.1, -0.05) is 18.2 Å². The van der Waals surface area contributed by atoms with Crippen LogP contribution in [0.4, 0.5) is 10.3 Å². The van der Waals surface area contributed by atoms with Crippen molar-refractivity contribution in [3.8, 4) is 11.6 Å². The molecule has 2 aromatic carbocycles. The summed E-state index contributed by atoms with van der Waals surface area (Å²) in [7, 11) is 0. The Kier molecular flexibility index (Phi) is 5.94. The van der Waals surface area contributed by atoms with Gasteiger partial charge in [0.15, 0.2) is 0 Å². The smallest absolute Gasteiger partial charge is 0.254 e. The van der Waals surface area contributed by atoms with Crippen molar-refractivity contribution >= 4 is 11.9 Å². The third-order valence-electron chi connectivity index (χ3n) is 6.30.